The van der Waals surface area contributed by atoms with E-state index >= 15 is 0 Å². The SMILES string of the molecule is CN/N=C(\S)C1(NC(=O)C(=O)c2c(C)c(C(=O)Nc3ccc(P)c(C(F)F)c3)c3n2CCC3)CC1. The van der Waals surface area contributed by atoms with E-state index in [1.165, 1.54) is 18.2 Å². The van der Waals surface area contributed by atoms with Crippen LogP contribution in [0, 0.1) is 6.92 Å². The van der Waals surface area contributed by atoms with Crippen LogP contribution in [0.2, 0.25) is 0 Å². The number of ketones is 1. The largest absolute Gasteiger partial charge is 0.341 e. The molecular weight excluding hydrogens is 495 g/mol. The van der Waals surface area contributed by atoms with Gasteiger partial charge in [0.15, 0.2) is 0 Å². The van der Waals surface area contributed by atoms with Gasteiger partial charge in [-0.3, -0.25) is 14.4 Å². The van der Waals surface area contributed by atoms with Gasteiger partial charge in [0.05, 0.1) is 16.8 Å². The highest BCUT2D eigenvalue weighted by molar-refractivity contribution is 7.97. The standard InChI is InChI=1S/C23H26F2N5O3PS/c1-11-16(20(32)27-12-5-6-15(34)13(10-12)19(24)25)14-4-3-9-30(14)17(11)18(31)21(33)28-23(7-8-23)22(35)29-26-2/h5-6,10,19,26H,3-4,7-9,34H2,1-2H3,(H,27,32)(H,28,33)(H,29,35). The molecule has 1 unspecified atom stereocenters. The summed E-state index contributed by atoms with van der Waals surface area (Å²) in [4.78, 5) is 39.3. The third-order valence-electron chi connectivity index (χ3n) is 6.39. The minimum absolute atomic E-state index is 0.163. The zero-order valence-electron chi connectivity index (χ0n) is 19.2. The summed E-state index contributed by atoms with van der Waals surface area (Å²) in [6, 6.07) is 4.25. The lowest BCUT2D eigenvalue weighted by molar-refractivity contribution is -0.117. The van der Waals surface area contributed by atoms with E-state index in [1.807, 2.05) is 0 Å². The van der Waals surface area contributed by atoms with Crippen LogP contribution in [-0.4, -0.2) is 39.8 Å². The van der Waals surface area contributed by atoms with Crippen LogP contribution in [0.4, 0.5) is 14.5 Å². The maximum Gasteiger partial charge on any atom is 0.294 e. The van der Waals surface area contributed by atoms with Crippen molar-refractivity contribution < 1.29 is 23.2 Å². The van der Waals surface area contributed by atoms with Gasteiger partial charge in [-0.1, -0.05) is 6.07 Å². The number of anilines is 1. The number of hydrazone groups is 1. The van der Waals surface area contributed by atoms with Gasteiger partial charge in [0.25, 0.3) is 24.0 Å². The number of amides is 2. The summed E-state index contributed by atoms with van der Waals surface area (Å²) in [6.07, 6.45) is -0.178. The molecular formula is C23H26F2N5O3PS. The Kier molecular flexibility index (Phi) is 7.02. The minimum atomic E-state index is -2.69. The van der Waals surface area contributed by atoms with E-state index in [2.05, 4.69) is 43.0 Å². The van der Waals surface area contributed by atoms with Crippen molar-refractivity contribution in [2.75, 3.05) is 12.4 Å². The van der Waals surface area contributed by atoms with Crippen LogP contribution >= 0.6 is 21.9 Å². The Hall–Kier alpha value is -2.78. The topological polar surface area (TPSA) is 105 Å². The Labute approximate surface area is 208 Å². The Morgan fingerprint density at radius 2 is 1.97 bits per heavy atom. The first-order valence-corrected chi connectivity index (χ1v) is 12.1. The summed E-state index contributed by atoms with van der Waals surface area (Å²) in [5, 5.41) is 10.2. The first kappa shape index (κ1) is 25.3. The molecule has 2 aromatic rings. The number of aromatic nitrogens is 1. The minimum Gasteiger partial charge on any atom is -0.341 e. The first-order chi connectivity index (χ1) is 16.6. The number of thiol groups is 1. The number of nitrogens with one attached hydrogen (secondary N) is 3. The summed E-state index contributed by atoms with van der Waals surface area (Å²) in [5.74, 6) is -2.05. The number of fused-ring (bicyclic) bond motifs is 1. The Bertz CT molecular complexity index is 1260. The highest BCUT2D eigenvalue weighted by Crippen LogP contribution is 2.38. The molecule has 1 aromatic carbocycles. The predicted octanol–water partition coefficient (Wildman–Crippen LogP) is 2.73. The van der Waals surface area contributed by atoms with E-state index < -0.39 is 29.6 Å². The Morgan fingerprint density at radius 3 is 2.60 bits per heavy atom. The van der Waals surface area contributed by atoms with E-state index in [0.717, 1.165) is 0 Å². The van der Waals surface area contributed by atoms with Crippen molar-refractivity contribution in [3.63, 3.8) is 0 Å². The highest BCUT2D eigenvalue weighted by atomic mass is 32.1. The lowest BCUT2D eigenvalue weighted by Crippen LogP contribution is -2.45. The molecule has 35 heavy (non-hydrogen) atoms. The number of halogens is 2. The molecule has 3 N–H and O–H groups in total. The third-order valence-corrected chi connectivity index (χ3v) is 7.44. The smallest absolute Gasteiger partial charge is 0.294 e. The van der Waals surface area contributed by atoms with Crippen LogP contribution in [0.3, 0.4) is 0 Å². The number of benzene rings is 1. The molecule has 0 saturated heterocycles. The van der Waals surface area contributed by atoms with Gasteiger partial charge in [0.1, 0.15) is 5.04 Å². The molecule has 1 aliphatic heterocycles. The lowest BCUT2D eigenvalue weighted by atomic mass is 10.0. The van der Waals surface area contributed by atoms with Gasteiger partial charge in [-0.15, -0.1) is 21.9 Å². The number of nitrogens with zero attached hydrogens (tertiary/aromatic N) is 2. The van der Waals surface area contributed by atoms with E-state index in [-0.39, 0.29) is 16.9 Å². The molecule has 0 spiro atoms. The normalized spacial score (nSPS) is 16.1. The monoisotopic (exact) mass is 521 g/mol. The molecule has 2 amide bonds. The fourth-order valence-corrected chi connectivity index (χ4v) is 5.16. The lowest BCUT2D eigenvalue weighted by Gasteiger charge is -2.16. The number of hydrogen-bond acceptors (Lipinski definition) is 5. The highest BCUT2D eigenvalue weighted by Gasteiger charge is 2.49. The zero-order valence-corrected chi connectivity index (χ0v) is 21.3. The molecule has 186 valence electrons. The number of hydrogen-bond donors (Lipinski definition) is 4. The van der Waals surface area contributed by atoms with Crippen molar-refractivity contribution in [1.29, 1.82) is 0 Å². The summed E-state index contributed by atoms with van der Waals surface area (Å²) in [7, 11) is 3.86. The van der Waals surface area contributed by atoms with E-state index in [4.69, 9.17) is 0 Å². The zero-order chi connectivity index (χ0) is 25.5. The second-order valence-corrected chi connectivity index (χ2v) is 9.72. The van der Waals surface area contributed by atoms with Gasteiger partial charge in [0, 0.05) is 30.5 Å². The van der Waals surface area contributed by atoms with Gasteiger partial charge in [-0.2, -0.15) is 5.10 Å². The third kappa shape index (κ3) is 4.71. The van der Waals surface area contributed by atoms with E-state index in [1.54, 1.807) is 18.5 Å². The predicted molar refractivity (Wildman–Crippen MR) is 136 cm³/mol. The number of carbonyl (C=O) groups is 3. The molecule has 2 heterocycles. The van der Waals surface area contributed by atoms with Crippen LogP contribution < -0.4 is 21.4 Å². The average Bonchev–Trinajstić information content (AvgIpc) is 3.34. The van der Waals surface area contributed by atoms with E-state index in [9.17, 15) is 23.2 Å². The number of Topliss-reactive ketones (excluding diaryl/α,β-unsaturated/α-hetero) is 1. The molecule has 1 saturated carbocycles. The van der Waals surface area contributed by atoms with Gasteiger partial charge in [0.2, 0.25) is 0 Å². The van der Waals surface area contributed by atoms with Crippen LogP contribution in [0.5, 0.6) is 0 Å². The van der Waals surface area contributed by atoms with Crippen molar-refractivity contribution in [2.24, 2.45) is 5.10 Å². The van der Waals surface area contributed by atoms with Crippen molar-refractivity contribution in [2.45, 2.75) is 51.1 Å². The Morgan fingerprint density at radius 1 is 1.26 bits per heavy atom. The van der Waals surface area contributed by atoms with Gasteiger partial charge < -0.3 is 20.6 Å². The van der Waals surface area contributed by atoms with Gasteiger partial charge >= 0.3 is 0 Å². The average molecular weight is 522 g/mol. The maximum atomic E-state index is 13.3. The number of alkyl halides is 2. The van der Waals surface area contributed by atoms with Crippen molar-refractivity contribution in [1.82, 2.24) is 15.3 Å². The van der Waals surface area contributed by atoms with Gasteiger partial charge in [-0.05, 0) is 55.6 Å². The van der Waals surface area contributed by atoms with Crippen molar-refractivity contribution in [3.8, 4) is 0 Å². The van der Waals surface area contributed by atoms with Crippen LogP contribution in [-0.2, 0) is 17.8 Å². The van der Waals surface area contributed by atoms with E-state index in [0.29, 0.717) is 59.4 Å². The number of rotatable bonds is 8. The fraction of sp³-hybridized carbons (Fsp3) is 0.391. The van der Waals surface area contributed by atoms with Crippen LogP contribution in [0.15, 0.2) is 23.3 Å². The van der Waals surface area contributed by atoms with Crippen LogP contribution in [0.25, 0.3) is 0 Å². The van der Waals surface area contributed by atoms with Crippen LogP contribution in [0.1, 0.15) is 63.4 Å². The molecule has 0 bridgehead atoms. The van der Waals surface area contributed by atoms with Gasteiger partial charge in [-0.25, -0.2) is 8.78 Å². The summed E-state index contributed by atoms with van der Waals surface area (Å²) >= 11 is 4.33. The van der Waals surface area contributed by atoms with Crippen molar-refractivity contribution >= 4 is 55.5 Å². The quantitative estimate of drug-likeness (QED) is 0.0816. The molecule has 12 heteroatoms. The summed E-state index contributed by atoms with van der Waals surface area (Å²) < 4.78 is 28.3. The molecule has 4 rings (SSSR count). The maximum absolute atomic E-state index is 13.3. The second-order valence-electron chi connectivity index (χ2n) is 8.67. The second kappa shape index (κ2) is 9.70. The summed E-state index contributed by atoms with van der Waals surface area (Å²) in [6.45, 7) is 2.12. The van der Waals surface area contributed by atoms with Crippen molar-refractivity contribution in [3.05, 3.63) is 46.3 Å². The molecule has 1 aromatic heterocycles. The molecule has 0 radical (unpaired) electrons. The number of carbonyl (C=O) groups excluding carboxylic acids is 3. The molecule has 1 fully saturated rings. The summed E-state index contributed by atoms with van der Waals surface area (Å²) in [5.41, 5.74) is 3.38. The Balaban J connectivity index is 1.61. The molecule has 2 aliphatic rings. The molecule has 1 aliphatic carbocycles. The molecule has 1 atom stereocenters. The molecule has 8 nitrogen and oxygen atoms in total. The fourth-order valence-electron chi connectivity index (χ4n) is 4.47. The first-order valence-electron chi connectivity index (χ1n) is 11.1.